The molecule has 9 nitrogen and oxygen atoms in total. The maximum atomic E-state index is 11.0. The average molecular weight is 1300 g/mol. The van der Waals surface area contributed by atoms with Gasteiger partial charge in [-0.05, 0) is 171 Å². The van der Waals surface area contributed by atoms with E-state index in [0.29, 0.717) is 27.1 Å². The average Bonchev–Trinajstić information content (AvgIpc) is 1.59. The SMILES string of the molecule is CN(C)c1ccc(C(C(=C(C#N)C#N)c2ccc(-c3c4nc(c(-c5cc(C(C)(C)C)cc(C(C)(C)C)c5)c5ccc([nH]5)c(-c5cc(C(C)(C)C)cc(C(C)(C)C)c5)c5nc(c(-c6cc(C(C)(C)C)cc(C(C)(C)C)c6)c6ccc3[nH]6)C=C5)C=C4)cc2)=c2ccc(=C(C#N)C#N)cc2)cc1. The van der Waals surface area contributed by atoms with Gasteiger partial charge in [0.1, 0.15) is 35.4 Å². The van der Waals surface area contributed by atoms with Gasteiger partial charge in [0.05, 0.1) is 22.8 Å². The maximum absolute atomic E-state index is 11.0. The number of hydrogen-bond acceptors (Lipinski definition) is 7. The highest BCUT2D eigenvalue weighted by Gasteiger charge is 2.29. The molecule has 0 unspecified atom stereocenters. The van der Waals surface area contributed by atoms with E-state index in [4.69, 9.17) is 9.97 Å². The lowest BCUT2D eigenvalue weighted by Crippen LogP contribution is -2.16. The van der Waals surface area contributed by atoms with E-state index in [0.717, 1.165) is 101 Å². The minimum absolute atomic E-state index is 0.0193. The van der Waals surface area contributed by atoms with Gasteiger partial charge in [-0.15, -0.1) is 0 Å². The fraction of sp³-hybridized carbons (Fsp3) is 0.289. The number of fused-ring (bicyclic) bond motifs is 8. The van der Waals surface area contributed by atoms with E-state index in [1.165, 1.54) is 33.4 Å². The van der Waals surface area contributed by atoms with Crippen molar-refractivity contribution in [3.63, 3.8) is 0 Å². The molecule has 2 N–H and O–H groups in total. The fourth-order valence-corrected chi connectivity index (χ4v) is 13.0. The second-order valence-corrected chi connectivity index (χ2v) is 32.9. The van der Waals surface area contributed by atoms with Crippen molar-refractivity contribution >= 4 is 68.8 Å². The summed E-state index contributed by atoms with van der Waals surface area (Å²) in [6.45, 7) is 41.1. The summed E-state index contributed by atoms with van der Waals surface area (Å²) >= 11 is 0. The standard InChI is InChI=1S/C90H91N9/c1-85(2,3)64-41-59(42-65(47-64)86(4,5)6)82-73-35-33-71(95-73)81(58-27-25-56(26-28-58)80(63(52-93)53-94)79(57-29-31-70(32-30-57)99(19)20)55-23-21-54(22-24-55)62(50-91)51-92)72-34-36-74(96-72)83(60-43-66(87(7,8)9)48-67(44-60)88(10,11)12)76-38-40-78(98-76)84(77-39-37-75(82)97-77)61-45-68(89(13,14)15)49-69(46-61)90(16,17)18/h21-49,95,98H,1-20H3. The lowest BCUT2D eigenvalue weighted by Gasteiger charge is -2.26. The minimum atomic E-state index is -0.184. The highest BCUT2D eigenvalue weighted by molar-refractivity contribution is 6.09. The Kier molecular flexibility index (Phi) is 18.2. The quantitative estimate of drug-likeness (QED) is 0.143. The molecule has 9 aromatic rings. The molecule has 5 heterocycles. The van der Waals surface area contributed by atoms with E-state index >= 15 is 0 Å². The van der Waals surface area contributed by atoms with Gasteiger partial charge < -0.3 is 14.9 Å². The van der Waals surface area contributed by atoms with Gasteiger partial charge in [-0.2, -0.15) is 21.0 Å². The van der Waals surface area contributed by atoms with Gasteiger partial charge >= 0.3 is 0 Å². The zero-order valence-corrected chi connectivity index (χ0v) is 61.4. The molecule has 0 atom stereocenters. The number of allylic oxidation sites excluding steroid dienone is 2. The molecule has 0 fully saturated rings. The van der Waals surface area contributed by atoms with Crippen LogP contribution in [0.1, 0.15) is 192 Å². The summed E-state index contributed by atoms with van der Waals surface area (Å²) < 4.78 is 0. The molecule has 8 bridgehead atoms. The first-order valence-corrected chi connectivity index (χ1v) is 34.2. The number of benzene rings is 6. The predicted molar refractivity (Wildman–Crippen MR) is 415 cm³/mol. The Bertz CT molecular complexity index is 5120. The lowest BCUT2D eigenvalue weighted by molar-refractivity contribution is 0.568. The van der Waals surface area contributed by atoms with E-state index in [9.17, 15) is 21.0 Å². The van der Waals surface area contributed by atoms with Crippen LogP contribution in [0, 0.1) is 45.3 Å². The van der Waals surface area contributed by atoms with E-state index in [2.05, 4.69) is 262 Å². The van der Waals surface area contributed by atoms with Crippen LogP contribution in [0.2, 0.25) is 0 Å². The predicted octanol–water partition coefficient (Wildman–Crippen LogP) is 21.1. The summed E-state index contributed by atoms with van der Waals surface area (Å²) in [5, 5.41) is 42.7. The number of aromatic nitrogens is 4. The number of nitriles is 4. The minimum Gasteiger partial charge on any atom is -0.378 e. The second kappa shape index (κ2) is 25.9. The monoisotopic (exact) mass is 1300 g/mol. The summed E-state index contributed by atoms with van der Waals surface area (Å²) in [5.74, 6) is 0. The first-order valence-electron chi connectivity index (χ1n) is 34.2. The Labute approximate surface area is 586 Å². The zero-order valence-electron chi connectivity index (χ0n) is 61.4. The summed E-state index contributed by atoms with van der Waals surface area (Å²) in [5.41, 5.74) is 24.1. The van der Waals surface area contributed by atoms with Crippen molar-refractivity contribution in [3.8, 4) is 68.8 Å². The molecule has 0 radical (unpaired) electrons. The molecule has 0 spiro atoms. The van der Waals surface area contributed by atoms with Crippen LogP contribution in [-0.4, -0.2) is 34.0 Å². The van der Waals surface area contributed by atoms with Gasteiger partial charge in [0.2, 0.25) is 0 Å². The fourth-order valence-electron chi connectivity index (χ4n) is 13.0. The van der Waals surface area contributed by atoms with Crippen LogP contribution in [0.15, 0.2) is 157 Å². The molecule has 6 aromatic carbocycles. The third kappa shape index (κ3) is 14.2. The normalized spacial score (nSPS) is 12.5. The number of nitrogens with zero attached hydrogens (tertiary/aromatic N) is 7. The van der Waals surface area contributed by atoms with E-state index < -0.39 is 0 Å². The molecular weight excluding hydrogens is 1210 g/mol. The van der Waals surface area contributed by atoms with Crippen LogP contribution in [0.4, 0.5) is 5.69 Å². The van der Waals surface area contributed by atoms with Crippen LogP contribution in [0.5, 0.6) is 0 Å². The molecule has 0 aliphatic carbocycles. The molecule has 0 saturated heterocycles. The van der Waals surface area contributed by atoms with E-state index in [1.54, 1.807) is 12.1 Å². The molecule has 9 heteroatoms. The molecule has 2 aliphatic heterocycles. The lowest BCUT2D eigenvalue weighted by atomic mass is 9.78. The molecule has 0 saturated carbocycles. The third-order valence-corrected chi connectivity index (χ3v) is 19.2. The van der Waals surface area contributed by atoms with Crippen molar-refractivity contribution in [2.24, 2.45) is 0 Å². The van der Waals surface area contributed by atoms with Crippen LogP contribution in [0.3, 0.4) is 0 Å². The van der Waals surface area contributed by atoms with Crippen molar-refractivity contribution in [3.05, 3.63) is 235 Å². The third-order valence-electron chi connectivity index (χ3n) is 19.2. The van der Waals surface area contributed by atoms with Crippen molar-refractivity contribution in [1.29, 1.82) is 21.0 Å². The Hall–Kier alpha value is -10.8. The highest BCUT2D eigenvalue weighted by atomic mass is 15.1. The largest absolute Gasteiger partial charge is 0.378 e. The molecule has 3 aromatic heterocycles. The van der Waals surface area contributed by atoms with Gasteiger partial charge in [0.15, 0.2) is 0 Å². The van der Waals surface area contributed by atoms with E-state index in [-0.39, 0.29) is 43.6 Å². The zero-order chi connectivity index (χ0) is 71.6. The highest BCUT2D eigenvalue weighted by Crippen LogP contribution is 2.45. The summed E-state index contributed by atoms with van der Waals surface area (Å²) in [7, 11) is 3.95. The number of H-pyrrole nitrogens is 2. The number of anilines is 1. The first kappa shape index (κ1) is 69.5. The van der Waals surface area contributed by atoms with Gasteiger partial charge in [-0.25, -0.2) is 9.97 Å². The van der Waals surface area contributed by atoms with Crippen molar-refractivity contribution < 1.29 is 0 Å². The van der Waals surface area contributed by atoms with Gasteiger partial charge in [0.25, 0.3) is 0 Å². The van der Waals surface area contributed by atoms with Crippen LogP contribution in [0.25, 0.3) is 108 Å². The molecule has 11 rings (SSSR count). The smallest absolute Gasteiger partial charge is 0.138 e. The van der Waals surface area contributed by atoms with Gasteiger partial charge in [-0.3, -0.25) is 0 Å². The van der Waals surface area contributed by atoms with Gasteiger partial charge in [0, 0.05) is 74.9 Å². The maximum Gasteiger partial charge on any atom is 0.138 e. The van der Waals surface area contributed by atoms with Crippen LogP contribution >= 0.6 is 0 Å². The number of nitrogens with one attached hydrogen (secondary N) is 2. The van der Waals surface area contributed by atoms with Crippen molar-refractivity contribution in [2.75, 3.05) is 19.0 Å². The Morgan fingerprint density at radius 1 is 0.333 bits per heavy atom. The molecule has 496 valence electrons. The Morgan fingerprint density at radius 3 is 0.909 bits per heavy atom. The molecule has 2 aliphatic rings. The summed E-state index contributed by atoms with van der Waals surface area (Å²) in [4.78, 5) is 21.8. The van der Waals surface area contributed by atoms with Gasteiger partial charge in [-0.1, -0.05) is 240 Å². The van der Waals surface area contributed by atoms with Crippen molar-refractivity contribution in [1.82, 2.24) is 19.9 Å². The first-order chi connectivity index (χ1) is 46.5. The Balaban J connectivity index is 1.30. The van der Waals surface area contributed by atoms with Crippen LogP contribution in [-0.2, 0) is 32.5 Å². The molecular formula is C90H91N9. The number of aromatic amines is 2. The number of rotatable bonds is 8. The summed E-state index contributed by atoms with van der Waals surface area (Å²) in [6, 6.07) is 61.8. The topological polar surface area (TPSA) is 156 Å². The Morgan fingerprint density at radius 2 is 0.626 bits per heavy atom. The van der Waals surface area contributed by atoms with Crippen LogP contribution < -0.4 is 15.3 Å². The van der Waals surface area contributed by atoms with E-state index in [1.807, 2.05) is 79.7 Å². The van der Waals surface area contributed by atoms with Crippen molar-refractivity contribution in [2.45, 2.75) is 157 Å². The molecule has 0 amide bonds. The molecule has 99 heavy (non-hydrogen) atoms. The summed E-state index contributed by atoms with van der Waals surface area (Å²) in [6.07, 6.45) is 8.67. The second-order valence-electron chi connectivity index (χ2n) is 32.9. The number of hydrogen-bond donors (Lipinski definition) is 2.